The quantitative estimate of drug-likeness (QED) is 0.433. The van der Waals surface area contributed by atoms with Gasteiger partial charge in [0.05, 0.1) is 0 Å². The lowest BCUT2D eigenvalue weighted by atomic mass is 11.2. The summed E-state index contributed by atoms with van der Waals surface area (Å²) >= 11 is 0. The van der Waals surface area contributed by atoms with Crippen LogP contribution in [-0.4, -0.2) is 19.4 Å². The molecular formula is C3H2F4O3. The van der Waals surface area contributed by atoms with Crippen LogP contribution in [0.2, 0.25) is 0 Å². The number of ether oxygens (including phenoxy) is 2. The van der Waals surface area contributed by atoms with Gasteiger partial charge in [0.25, 0.3) is 0 Å². The maximum absolute atomic E-state index is 11.0. The number of halogens is 4. The first-order valence-corrected chi connectivity index (χ1v) is 1.94. The largest absolute Gasteiger partial charge is 0.577 e. The maximum Gasteiger partial charge on any atom is 0.577 e. The molecule has 0 bridgehead atoms. The molecule has 0 fully saturated rings. The highest BCUT2D eigenvalue weighted by atomic mass is 19.4. The number of hydrogen-bond donors (Lipinski definition) is 0. The van der Waals surface area contributed by atoms with Gasteiger partial charge in [0, 0.05) is 0 Å². The number of alkyl halides is 4. The van der Waals surface area contributed by atoms with Crippen molar-refractivity contribution in [2.75, 3.05) is 6.86 Å². The Hall–Kier alpha value is -1.01. The Labute approximate surface area is 52.5 Å². The molecule has 0 unspecified atom stereocenters. The number of rotatable bonds is 1. The van der Waals surface area contributed by atoms with Crippen molar-refractivity contribution in [2.24, 2.45) is 0 Å². The van der Waals surface area contributed by atoms with Gasteiger partial charge >= 0.3 is 12.5 Å². The molecule has 0 aromatic rings. The van der Waals surface area contributed by atoms with E-state index in [-0.39, 0.29) is 0 Å². The van der Waals surface area contributed by atoms with Gasteiger partial charge in [0.15, 0.2) is 0 Å². The molecule has 0 aliphatic rings. The van der Waals surface area contributed by atoms with Crippen LogP contribution in [0.15, 0.2) is 0 Å². The van der Waals surface area contributed by atoms with Gasteiger partial charge in [-0.1, -0.05) is 0 Å². The van der Waals surface area contributed by atoms with Crippen molar-refractivity contribution in [3.05, 3.63) is 0 Å². The molecule has 60 valence electrons. The van der Waals surface area contributed by atoms with Crippen molar-refractivity contribution in [3.8, 4) is 0 Å². The van der Waals surface area contributed by atoms with Gasteiger partial charge in [-0.05, 0) is 0 Å². The molecule has 0 spiro atoms. The van der Waals surface area contributed by atoms with Crippen LogP contribution in [-0.2, 0) is 9.47 Å². The zero-order valence-electron chi connectivity index (χ0n) is 4.44. The van der Waals surface area contributed by atoms with E-state index in [0.717, 1.165) is 0 Å². The minimum absolute atomic E-state index is 1.64. The van der Waals surface area contributed by atoms with Crippen LogP contribution in [0.3, 0.4) is 0 Å². The highest BCUT2D eigenvalue weighted by molar-refractivity contribution is 5.59. The Balaban J connectivity index is 3.58. The second-order valence-corrected chi connectivity index (χ2v) is 1.05. The van der Waals surface area contributed by atoms with Gasteiger partial charge in [0.2, 0.25) is 6.86 Å². The number of carbonyl (C=O) groups excluding carboxylic acids is 1. The topological polar surface area (TPSA) is 35.5 Å². The van der Waals surface area contributed by atoms with E-state index in [4.69, 9.17) is 0 Å². The van der Waals surface area contributed by atoms with Crippen LogP contribution < -0.4 is 0 Å². The predicted octanol–water partition coefficient (Wildman–Crippen LogP) is 1.59. The van der Waals surface area contributed by atoms with Crippen molar-refractivity contribution in [3.63, 3.8) is 0 Å². The molecule has 0 aromatic heterocycles. The van der Waals surface area contributed by atoms with E-state index < -0.39 is 19.4 Å². The van der Waals surface area contributed by atoms with Gasteiger partial charge in [-0.25, -0.2) is 9.18 Å². The summed E-state index contributed by atoms with van der Waals surface area (Å²) in [4.78, 5) is 9.65. The van der Waals surface area contributed by atoms with Crippen molar-refractivity contribution < 1.29 is 31.8 Å². The van der Waals surface area contributed by atoms with Crippen molar-refractivity contribution >= 4 is 6.16 Å². The molecule has 0 radical (unpaired) electrons. The summed E-state index contributed by atoms with van der Waals surface area (Å²) in [7, 11) is 0. The van der Waals surface area contributed by atoms with Crippen LogP contribution in [0.1, 0.15) is 0 Å². The smallest absolute Gasteiger partial charge is 0.402 e. The second kappa shape index (κ2) is 3.23. The minimum Gasteiger partial charge on any atom is -0.402 e. The highest BCUT2D eigenvalue weighted by Crippen LogP contribution is 2.16. The lowest BCUT2D eigenvalue weighted by molar-refractivity contribution is -0.300. The molecule has 3 nitrogen and oxygen atoms in total. The fourth-order valence-corrected chi connectivity index (χ4v) is 0.168. The average molecular weight is 162 g/mol. The molecular weight excluding hydrogens is 160 g/mol. The van der Waals surface area contributed by atoms with Gasteiger partial charge < -0.3 is 9.47 Å². The molecule has 0 saturated carbocycles. The van der Waals surface area contributed by atoms with Gasteiger partial charge in [-0.2, -0.15) is 0 Å². The molecule has 0 atom stereocenters. The Morgan fingerprint density at radius 2 is 1.90 bits per heavy atom. The average Bonchev–Trinajstić information content (AvgIpc) is 1.59. The molecule has 0 rings (SSSR count). The standard InChI is InChI=1S/C3H2F4O3/c4-1-9-2(8)10-3(5,6)7/h1H2. The monoisotopic (exact) mass is 162 g/mol. The number of carbonyl (C=O) groups is 1. The van der Waals surface area contributed by atoms with E-state index in [1.165, 1.54) is 0 Å². The summed E-state index contributed by atoms with van der Waals surface area (Å²) in [6.07, 6.45) is -7.22. The van der Waals surface area contributed by atoms with E-state index in [1.54, 1.807) is 0 Å². The van der Waals surface area contributed by atoms with E-state index in [9.17, 15) is 22.4 Å². The highest BCUT2D eigenvalue weighted by Gasteiger charge is 2.34. The summed E-state index contributed by atoms with van der Waals surface area (Å²) in [5.74, 6) is 0. The maximum atomic E-state index is 11.0. The molecule has 0 N–H and O–H groups in total. The summed E-state index contributed by atoms with van der Waals surface area (Å²) in [5, 5.41) is 0. The minimum atomic E-state index is -5.12. The SMILES string of the molecule is O=C(OCF)OC(F)(F)F. The summed E-state index contributed by atoms with van der Waals surface area (Å²) < 4.78 is 49.6. The fraction of sp³-hybridized carbons (Fsp3) is 0.667. The third-order valence-corrected chi connectivity index (χ3v) is 0.371. The molecule has 0 amide bonds. The van der Waals surface area contributed by atoms with Crippen molar-refractivity contribution in [1.29, 1.82) is 0 Å². The second-order valence-electron chi connectivity index (χ2n) is 1.05. The Morgan fingerprint density at radius 3 is 2.20 bits per heavy atom. The van der Waals surface area contributed by atoms with Crippen LogP contribution in [0.4, 0.5) is 22.4 Å². The van der Waals surface area contributed by atoms with Crippen LogP contribution in [0.5, 0.6) is 0 Å². The first-order chi connectivity index (χ1) is 4.45. The first-order valence-electron chi connectivity index (χ1n) is 1.94. The Morgan fingerprint density at radius 1 is 1.40 bits per heavy atom. The van der Waals surface area contributed by atoms with Crippen LogP contribution in [0, 0.1) is 0 Å². The normalized spacial score (nSPS) is 10.8. The van der Waals surface area contributed by atoms with E-state index in [2.05, 4.69) is 9.47 Å². The third kappa shape index (κ3) is 5.13. The molecule has 10 heavy (non-hydrogen) atoms. The fourth-order valence-electron chi connectivity index (χ4n) is 0.168. The summed E-state index contributed by atoms with van der Waals surface area (Å²) in [5.41, 5.74) is 0. The first kappa shape index (κ1) is 8.99. The van der Waals surface area contributed by atoms with Gasteiger partial charge in [-0.15, -0.1) is 13.2 Å². The Kier molecular flexibility index (Phi) is 2.91. The predicted molar refractivity (Wildman–Crippen MR) is 19.6 cm³/mol. The van der Waals surface area contributed by atoms with E-state index in [1.807, 2.05) is 0 Å². The molecule has 0 aromatic carbocycles. The van der Waals surface area contributed by atoms with Gasteiger partial charge in [-0.3, -0.25) is 0 Å². The zero-order chi connectivity index (χ0) is 8.20. The Bertz CT molecular complexity index is 119. The summed E-state index contributed by atoms with van der Waals surface area (Å²) in [6, 6.07) is 0. The molecule has 0 aliphatic carbocycles. The van der Waals surface area contributed by atoms with Gasteiger partial charge in [0.1, 0.15) is 0 Å². The van der Waals surface area contributed by atoms with Crippen molar-refractivity contribution in [2.45, 2.75) is 6.36 Å². The summed E-state index contributed by atoms with van der Waals surface area (Å²) in [6.45, 7) is -1.64. The third-order valence-electron chi connectivity index (χ3n) is 0.371. The molecule has 7 heteroatoms. The van der Waals surface area contributed by atoms with E-state index >= 15 is 0 Å². The zero-order valence-corrected chi connectivity index (χ0v) is 4.44. The van der Waals surface area contributed by atoms with Crippen molar-refractivity contribution in [1.82, 2.24) is 0 Å². The molecule has 0 heterocycles. The van der Waals surface area contributed by atoms with E-state index in [0.29, 0.717) is 0 Å². The lowest BCUT2D eigenvalue weighted by Crippen LogP contribution is -2.19. The lowest BCUT2D eigenvalue weighted by Gasteiger charge is -2.04. The van der Waals surface area contributed by atoms with Crippen LogP contribution in [0.25, 0.3) is 0 Å². The molecule has 0 saturated heterocycles. The number of hydrogen-bond acceptors (Lipinski definition) is 3. The molecule has 0 aliphatic heterocycles. The van der Waals surface area contributed by atoms with Crippen LogP contribution >= 0.6 is 0 Å².